The van der Waals surface area contributed by atoms with Gasteiger partial charge < -0.3 is 4.74 Å². The van der Waals surface area contributed by atoms with Crippen LogP contribution in [0.25, 0.3) is 0 Å². The largest absolute Gasteiger partial charge is 0.370 e. The van der Waals surface area contributed by atoms with Gasteiger partial charge >= 0.3 is 0 Å². The topological polar surface area (TPSA) is 26.3 Å². The number of benzene rings is 1. The number of carbonyl (C=O) groups excluding carboxylic acids is 1. The Morgan fingerprint density at radius 2 is 1.88 bits per heavy atom. The molecule has 2 nitrogen and oxygen atoms in total. The summed E-state index contributed by atoms with van der Waals surface area (Å²) in [5, 5.41) is 0. The highest BCUT2D eigenvalue weighted by atomic mass is 16.5. The van der Waals surface area contributed by atoms with Crippen molar-refractivity contribution in [2.75, 3.05) is 6.61 Å². The quantitative estimate of drug-likeness (QED) is 0.721. The maximum atomic E-state index is 12.0. The van der Waals surface area contributed by atoms with Crippen LogP contribution in [0.3, 0.4) is 0 Å². The molecule has 0 bridgehead atoms. The number of ether oxygens (including phenoxy) is 1. The van der Waals surface area contributed by atoms with Crippen molar-refractivity contribution in [3.05, 3.63) is 35.9 Å². The number of carbonyl (C=O) groups is 1. The lowest BCUT2D eigenvalue weighted by atomic mass is 9.91. The minimum Gasteiger partial charge on any atom is -0.370 e. The Labute approximate surface area is 104 Å². The number of hydrogen-bond acceptors (Lipinski definition) is 2. The molecule has 0 aromatic heterocycles. The van der Waals surface area contributed by atoms with E-state index < -0.39 is 0 Å². The van der Waals surface area contributed by atoms with Crippen molar-refractivity contribution in [3.63, 3.8) is 0 Å². The zero-order chi connectivity index (χ0) is 12.7. The SMILES string of the molecule is CCCC(=O)C(OCC)C(C)c1ccccc1. The Balaban J connectivity index is 2.80. The monoisotopic (exact) mass is 234 g/mol. The molecule has 0 fully saturated rings. The van der Waals surface area contributed by atoms with Gasteiger partial charge in [-0.1, -0.05) is 44.2 Å². The third-order valence-corrected chi connectivity index (χ3v) is 2.94. The zero-order valence-electron chi connectivity index (χ0n) is 11.0. The molecule has 2 atom stereocenters. The first-order chi connectivity index (χ1) is 8.20. The van der Waals surface area contributed by atoms with Gasteiger partial charge in [0, 0.05) is 18.9 Å². The van der Waals surface area contributed by atoms with E-state index >= 15 is 0 Å². The van der Waals surface area contributed by atoms with E-state index in [9.17, 15) is 4.79 Å². The zero-order valence-corrected chi connectivity index (χ0v) is 11.0. The highest BCUT2D eigenvalue weighted by molar-refractivity contribution is 5.84. The number of rotatable bonds is 7. The summed E-state index contributed by atoms with van der Waals surface area (Å²) in [6.07, 6.45) is 1.17. The second-order valence-corrected chi connectivity index (χ2v) is 4.29. The Morgan fingerprint density at radius 1 is 1.24 bits per heavy atom. The summed E-state index contributed by atoms with van der Waals surface area (Å²) in [5.41, 5.74) is 1.16. The first-order valence-electron chi connectivity index (χ1n) is 6.39. The fourth-order valence-corrected chi connectivity index (χ4v) is 2.02. The van der Waals surface area contributed by atoms with Crippen molar-refractivity contribution in [1.82, 2.24) is 0 Å². The van der Waals surface area contributed by atoms with Gasteiger partial charge in [-0.15, -0.1) is 0 Å². The minimum atomic E-state index is -0.303. The van der Waals surface area contributed by atoms with Crippen LogP contribution in [0.1, 0.15) is 45.1 Å². The van der Waals surface area contributed by atoms with E-state index in [0.717, 1.165) is 12.0 Å². The Morgan fingerprint density at radius 3 is 2.41 bits per heavy atom. The van der Waals surface area contributed by atoms with Crippen LogP contribution < -0.4 is 0 Å². The summed E-state index contributed by atoms with van der Waals surface area (Å²) in [4.78, 5) is 12.0. The molecule has 0 amide bonds. The van der Waals surface area contributed by atoms with Crippen molar-refractivity contribution < 1.29 is 9.53 Å². The molecular weight excluding hydrogens is 212 g/mol. The molecule has 2 heteroatoms. The molecule has 17 heavy (non-hydrogen) atoms. The van der Waals surface area contributed by atoms with E-state index in [1.165, 1.54) is 0 Å². The van der Waals surface area contributed by atoms with Gasteiger partial charge in [0.25, 0.3) is 0 Å². The van der Waals surface area contributed by atoms with Crippen LogP contribution in [0.15, 0.2) is 30.3 Å². The van der Waals surface area contributed by atoms with Gasteiger partial charge in [-0.05, 0) is 18.9 Å². The highest BCUT2D eigenvalue weighted by Gasteiger charge is 2.25. The summed E-state index contributed by atoms with van der Waals surface area (Å²) in [7, 11) is 0. The fourth-order valence-electron chi connectivity index (χ4n) is 2.02. The van der Waals surface area contributed by atoms with Gasteiger partial charge in [-0.3, -0.25) is 4.79 Å². The van der Waals surface area contributed by atoms with Crippen molar-refractivity contribution in [3.8, 4) is 0 Å². The molecule has 0 saturated heterocycles. The summed E-state index contributed by atoms with van der Waals surface area (Å²) < 4.78 is 5.62. The molecule has 0 radical (unpaired) electrons. The highest BCUT2D eigenvalue weighted by Crippen LogP contribution is 2.23. The lowest BCUT2D eigenvalue weighted by Gasteiger charge is -2.23. The molecule has 2 unspecified atom stereocenters. The fraction of sp³-hybridized carbons (Fsp3) is 0.533. The molecule has 0 saturated carbocycles. The first-order valence-corrected chi connectivity index (χ1v) is 6.39. The lowest BCUT2D eigenvalue weighted by Crippen LogP contribution is -2.29. The predicted molar refractivity (Wildman–Crippen MR) is 70.2 cm³/mol. The lowest BCUT2D eigenvalue weighted by molar-refractivity contribution is -0.131. The molecule has 1 aromatic rings. The molecule has 0 aliphatic heterocycles. The van der Waals surface area contributed by atoms with E-state index in [4.69, 9.17) is 4.74 Å². The van der Waals surface area contributed by atoms with Gasteiger partial charge in [0.05, 0.1) is 0 Å². The van der Waals surface area contributed by atoms with Gasteiger partial charge in [-0.25, -0.2) is 0 Å². The van der Waals surface area contributed by atoms with Crippen LogP contribution in [0.2, 0.25) is 0 Å². The Bertz CT molecular complexity index is 332. The minimum absolute atomic E-state index is 0.121. The van der Waals surface area contributed by atoms with Crippen LogP contribution in [0.4, 0.5) is 0 Å². The maximum Gasteiger partial charge on any atom is 0.162 e. The standard InChI is InChI=1S/C15H22O2/c1-4-9-14(16)15(17-5-2)12(3)13-10-7-6-8-11-13/h6-8,10-12,15H,4-5,9H2,1-3H3. The van der Waals surface area contributed by atoms with Crippen LogP contribution in [0, 0.1) is 0 Å². The van der Waals surface area contributed by atoms with E-state index in [1.807, 2.05) is 32.0 Å². The second kappa shape index (κ2) is 7.23. The maximum absolute atomic E-state index is 12.0. The summed E-state index contributed by atoms with van der Waals surface area (Å²) >= 11 is 0. The van der Waals surface area contributed by atoms with Crippen LogP contribution in [-0.4, -0.2) is 18.5 Å². The number of ketones is 1. The van der Waals surface area contributed by atoms with Gasteiger partial charge in [0.1, 0.15) is 6.10 Å². The summed E-state index contributed by atoms with van der Waals surface area (Å²) in [5.74, 6) is 0.334. The number of Topliss-reactive ketones (excluding diaryl/α,β-unsaturated/α-hetero) is 1. The van der Waals surface area contributed by atoms with Gasteiger partial charge in [0.2, 0.25) is 0 Å². The van der Waals surface area contributed by atoms with Crippen molar-refractivity contribution >= 4 is 5.78 Å². The van der Waals surface area contributed by atoms with Crippen LogP contribution in [0.5, 0.6) is 0 Å². The first kappa shape index (κ1) is 13.9. The van der Waals surface area contributed by atoms with Crippen LogP contribution in [-0.2, 0) is 9.53 Å². The predicted octanol–water partition coefficient (Wildman–Crippen LogP) is 3.56. The molecular formula is C15H22O2. The van der Waals surface area contributed by atoms with E-state index in [1.54, 1.807) is 0 Å². The molecule has 0 N–H and O–H groups in total. The Hall–Kier alpha value is -1.15. The smallest absolute Gasteiger partial charge is 0.162 e. The molecule has 0 heterocycles. The number of hydrogen-bond donors (Lipinski definition) is 0. The average molecular weight is 234 g/mol. The molecule has 1 rings (SSSR count). The second-order valence-electron chi connectivity index (χ2n) is 4.29. The van der Waals surface area contributed by atoms with E-state index in [2.05, 4.69) is 19.1 Å². The summed E-state index contributed by atoms with van der Waals surface area (Å²) in [6, 6.07) is 10.1. The van der Waals surface area contributed by atoms with Crippen molar-refractivity contribution in [2.24, 2.45) is 0 Å². The average Bonchev–Trinajstić information content (AvgIpc) is 2.36. The molecule has 94 valence electrons. The molecule has 0 spiro atoms. The van der Waals surface area contributed by atoms with Crippen molar-refractivity contribution in [2.45, 2.75) is 45.6 Å². The molecule has 0 aliphatic rings. The van der Waals surface area contributed by atoms with Gasteiger partial charge in [-0.2, -0.15) is 0 Å². The van der Waals surface area contributed by atoms with Crippen molar-refractivity contribution in [1.29, 1.82) is 0 Å². The van der Waals surface area contributed by atoms with Gasteiger partial charge in [0.15, 0.2) is 5.78 Å². The normalized spacial score (nSPS) is 14.3. The van der Waals surface area contributed by atoms with E-state index in [0.29, 0.717) is 13.0 Å². The van der Waals surface area contributed by atoms with Crippen LogP contribution >= 0.6 is 0 Å². The van der Waals surface area contributed by atoms with E-state index in [-0.39, 0.29) is 17.8 Å². The molecule has 1 aromatic carbocycles. The Kier molecular flexibility index (Phi) is 5.92. The third kappa shape index (κ3) is 3.97. The third-order valence-electron chi connectivity index (χ3n) is 2.94. The molecule has 0 aliphatic carbocycles. The summed E-state index contributed by atoms with van der Waals surface area (Å²) in [6.45, 7) is 6.60.